The minimum Gasteiger partial charge on any atom is -0.363 e. The zero-order valence-electron chi connectivity index (χ0n) is 13.4. The SMILES string of the molecule is NC(=O)C(=O)C(Cc1ccsc1)NC(=O)c1ccnn1-c1ncccn1. The van der Waals surface area contributed by atoms with E-state index >= 15 is 0 Å². The topological polar surface area (TPSA) is 133 Å². The van der Waals surface area contributed by atoms with Crippen LogP contribution in [-0.2, 0) is 16.0 Å². The van der Waals surface area contributed by atoms with Crippen molar-refractivity contribution in [1.82, 2.24) is 25.1 Å². The Bertz CT molecular complexity index is 923. The van der Waals surface area contributed by atoms with Gasteiger partial charge in [0.2, 0.25) is 5.78 Å². The number of hydrogen-bond donors (Lipinski definition) is 2. The zero-order valence-corrected chi connectivity index (χ0v) is 14.2. The second-order valence-electron chi connectivity index (χ2n) is 5.27. The fraction of sp³-hybridized carbons (Fsp3) is 0.125. The molecule has 2 amide bonds. The lowest BCUT2D eigenvalue weighted by molar-refractivity contribution is -0.137. The van der Waals surface area contributed by atoms with E-state index in [0.29, 0.717) is 0 Å². The predicted molar refractivity (Wildman–Crippen MR) is 92.6 cm³/mol. The molecule has 3 aromatic heterocycles. The normalized spacial score (nSPS) is 11.7. The lowest BCUT2D eigenvalue weighted by Gasteiger charge is -2.16. The van der Waals surface area contributed by atoms with E-state index in [1.807, 2.05) is 10.8 Å². The molecule has 0 bridgehead atoms. The molecule has 3 rings (SSSR count). The molecule has 3 N–H and O–H groups in total. The molecular formula is C16H14N6O3S. The average molecular weight is 370 g/mol. The molecule has 0 radical (unpaired) electrons. The molecule has 132 valence electrons. The molecule has 1 atom stereocenters. The van der Waals surface area contributed by atoms with Gasteiger partial charge >= 0.3 is 0 Å². The Morgan fingerprint density at radius 2 is 1.96 bits per heavy atom. The molecule has 9 nitrogen and oxygen atoms in total. The number of nitrogens with zero attached hydrogens (tertiary/aromatic N) is 4. The summed E-state index contributed by atoms with van der Waals surface area (Å²) in [6, 6.07) is 3.83. The Labute approximate surface area is 151 Å². The van der Waals surface area contributed by atoms with E-state index in [-0.39, 0.29) is 18.1 Å². The summed E-state index contributed by atoms with van der Waals surface area (Å²) in [5.41, 5.74) is 6.05. The van der Waals surface area contributed by atoms with Gasteiger partial charge < -0.3 is 11.1 Å². The van der Waals surface area contributed by atoms with E-state index in [1.54, 1.807) is 12.1 Å². The van der Waals surface area contributed by atoms with Crippen molar-refractivity contribution in [2.45, 2.75) is 12.5 Å². The first-order chi connectivity index (χ1) is 12.6. The molecular weight excluding hydrogens is 356 g/mol. The number of thiophene rings is 1. The number of ketones is 1. The molecule has 0 saturated heterocycles. The molecule has 0 aliphatic carbocycles. The van der Waals surface area contributed by atoms with Gasteiger partial charge in [0.15, 0.2) is 0 Å². The molecule has 26 heavy (non-hydrogen) atoms. The molecule has 0 fully saturated rings. The lowest BCUT2D eigenvalue weighted by Crippen LogP contribution is -2.47. The smallest absolute Gasteiger partial charge is 0.287 e. The Hall–Kier alpha value is -3.40. The van der Waals surface area contributed by atoms with Crippen LogP contribution in [0, 0.1) is 0 Å². The maximum Gasteiger partial charge on any atom is 0.287 e. The van der Waals surface area contributed by atoms with Gasteiger partial charge in [-0.15, -0.1) is 0 Å². The van der Waals surface area contributed by atoms with Crippen molar-refractivity contribution in [3.63, 3.8) is 0 Å². The van der Waals surface area contributed by atoms with E-state index in [4.69, 9.17) is 5.73 Å². The van der Waals surface area contributed by atoms with Crippen LogP contribution in [-0.4, -0.2) is 43.4 Å². The third-order valence-corrected chi connectivity index (χ3v) is 4.23. The molecule has 0 aliphatic rings. The number of nitrogens with one attached hydrogen (secondary N) is 1. The molecule has 0 aliphatic heterocycles. The molecule has 0 saturated carbocycles. The standard InChI is InChI=1S/C16H14N6O3S/c17-14(24)13(23)11(8-10-3-7-26-9-10)21-15(25)12-2-6-20-22(12)16-18-4-1-5-19-16/h1-7,9,11H,8H2,(H2,17,24)(H,21,25). The Kier molecular flexibility index (Phi) is 5.13. The van der Waals surface area contributed by atoms with E-state index in [1.165, 1.54) is 40.7 Å². The summed E-state index contributed by atoms with van der Waals surface area (Å²) in [4.78, 5) is 44.1. The molecule has 3 aromatic rings. The summed E-state index contributed by atoms with van der Waals surface area (Å²) in [6.45, 7) is 0. The number of Topliss-reactive ketones (excluding diaryl/α,β-unsaturated/α-hetero) is 1. The van der Waals surface area contributed by atoms with Crippen LogP contribution in [0.4, 0.5) is 0 Å². The lowest BCUT2D eigenvalue weighted by atomic mass is 10.0. The van der Waals surface area contributed by atoms with Gasteiger partial charge in [-0.3, -0.25) is 14.4 Å². The second kappa shape index (κ2) is 7.66. The minimum atomic E-state index is -1.11. The van der Waals surface area contributed by atoms with E-state index in [0.717, 1.165) is 5.56 Å². The van der Waals surface area contributed by atoms with Crippen LogP contribution in [0.5, 0.6) is 0 Å². The first-order valence-electron chi connectivity index (χ1n) is 7.53. The third kappa shape index (κ3) is 3.81. The van der Waals surface area contributed by atoms with Gasteiger partial charge in [-0.1, -0.05) is 0 Å². The number of amides is 2. The van der Waals surface area contributed by atoms with Crippen molar-refractivity contribution in [1.29, 1.82) is 0 Å². The average Bonchev–Trinajstić information content (AvgIpc) is 3.32. The van der Waals surface area contributed by atoms with Gasteiger partial charge in [0.05, 0.1) is 6.20 Å². The zero-order chi connectivity index (χ0) is 18.5. The number of carbonyl (C=O) groups is 3. The van der Waals surface area contributed by atoms with Crippen molar-refractivity contribution >= 4 is 28.9 Å². The molecule has 0 spiro atoms. The highest BCUT2D eigenvalue weighted by Crippen LogP contribution is 2.11. The van der Waals surface area contributed by atoms with Crippen molar-refractivity contribution in [2.24, 2.45) is 5.73 Å². The molecule has 0 aromatic carbocycles. The fourth-order valence-corrected chi connectivity index (χ4v) is 2.97. The fourth-order valence-electron chi connectivity index (χ4n) is 2.29. The summed E-state index contributed by atoms with van der Waals surface area (Å²) >= 11 is 1.45. The minimum absolute atomic E-state index is 0.129. The maximum atomic E-state index is 12.6. The van der Waals surface area contributed by atoms with E-state index < -0.39 is 23.6 Å². The van der Waals surface area contributed by atoms with Crippen LogP contribution < -0.4 is 11.1 Å². The number of carbonyl (C=O) groups excluding carboxylic acids is 3. The summed E-state index contributed by atoms with van der Waals surface area (Å²) in [7, 11) is 0. The third-order valence-electron chi connectivity index (χ3n) is 3.50. The summed E-state index contributed by atoms with van der Waals surface area (Å²) in [5, 5.41) is 10.2. The van der Waals surface area contributed by atoms with Gasteiger partial charge in [-0.2, -0.15) is 21.1 Å². The quantitative estimate of drug-likeness (QED) is 0.568. The van der Waals surface area contributed by atoms with Crippen molar-refractivity contribution in [3.8, 4) is 5.95 Å². The van der Waals surface area contributed by atoms with E-state index in [2.05, 4.69) is 20.4 Å². The van der Waals surface area contributed by atoms with Gasteiger partial charge in [0, 0.05) is 18.8 Å². The maximum absolute atomic E-state index is 12.6. The van der Waals surface area contributed by atoms with Gasteiger partial charge in [-0.05, 0) is 34.5 Å². The first kappa shape index (κ1) is 17.4. The van der Waals surface area contributed by atoms with Gasteiger partial charge in [-0.25, -0.2) is 9.97 Å². The van der Waals surface area contributed by atoms with Crippen molar-refractivity contribution in [2.75, 3.05) is 0 Å². The monoisotopic (exact) mass is 370 g/mol. The van der Waals surface area contributed by atoms with Crippen LogP contribution in [0.1, 0.15) is 16.1 Å². The van der Waals surface area contributed by atoms with Crippen LogP contribution in [0.25, 0.3) is 5.95 Å². The van der Waals surface area contributed by atoms with Crippen LogP contribution in [0.15, 0.2) is 47.5 Å². The van der Waals surface area contributed by atoms with Crippen LogP contribution in [0.3, 0.4) is 0 Å². The Morgan fingerprint density at radius 3 is 2.62 bits per heavy atom. The second-order valence-corrected chi connectivity index (χ2v) is 6.05. The summed E-state index contributed by atoms with van der Waals surface area (Å²) in [5.74, 6) is -2.36. The van der Waals surface area contributed by atoms with Gasteiger partial charge in [0.1, 0.15) is 11.7 Å². The highest BCUT2D eigenvalue weighted by atomic mass is 32.1. The van der Waals surface area contributed by atoms with Crippen LogP contribution >= 0.6 is 11.3 Å². The number of hydrogen-bond acceptors (Lipinski definition) is 7. The van der Waals surface area contributed by atoms with Gasteiger partial charge in [0.25, 0.3) is 17.8 Å². The molecule has 10 heteroatoms. The highest BCUT2D eigenvalue weighted by molar-refractivity contribution is 7.07. The summed E-state index contributed by atoms with van der Waals surface area (Å²) in [6.07, 6.45) is 4.60. The highest BCUT2D eigenvalue weighted by Gasteiger charge is 2.27. The van der Waals surface area contributed by atoms with E-state index in [9.17, 15) is 14.4 Å². The predicted octanol–water partition coefficient (Wildman–Crippen LogP) is 0.119. The number of rotatable bonds is 7. The number of primary amides is 1. The van der Waals surface area contributed by atoms with Crippen molar-refractivity contribution in [3.05, 3.63) is 58.8 Å². The number of nitrogens with two attached hydrogens (primary N) is 1. The number of aromatic nitrogens is 4. The molecule has 1 unspecified atom stereocenters. The van der Waals surface area contributed by atoms with Crippen molar-refractivity contribution < 1.29 is 14.4 Å². The Balaban J connectivity index is 1.83. The largest absolute Gasteiger partial charge is 0.363 e. The summed E-state index contributed by atoms with van der Waals surface area (Å²) < 4.78 is 1.24. The molecule has 3 heterocycles. The van der Waals surface area contributed by atoms with Crippen LogP contribution in [0.2, 0.25) is 0 Å². The Morgan fingerprint density at radius 1 is 1.19 bits per heavy atom. The first-order valence-corrected chi connectivity index (χ1v) is 8.47.